The van der Waals surface area contributed by atoms with Crippen LogP contribution in [0.4, 0.5) is 10.5 Å². The highest BCUT2D eigenvalue weighted by Crippen LogP contribution is 2.24. The van der Waals surface area contributed by atoms with E-state index in [4.69, 9.17) is 0 Å². The van der Waals surface area contributed by atoms with Crippen LogP contribution in [0, 0.1) is 13.8 Å². The predicted molar refractivity (Wildman–Crippen MR) is 87.7 cm³/mol. The number of benzene rings is 1. The van der Waals surface area contributed by atoms with Gasteiger partial charge in [-0.3, -0.25) is 4.31 Å². The zero-order valence-corrected chi connectivity index (χ0v) is 14.0. The zero-order valence-electron chi connectivity index (χ0n) is 13.2. The molecule has 2 rings (SSSR count). The van der Waals surface area contributed by atoms with Gasteiger partial charge in [0.15, 0.2) is 0 Å². The summed E-state index contributed by atoms with van der Waals surface area (Å²) in [4.78, 5) is 11.6. The molecule has 2 N–H and O–H groups in total. The number of nitrogens with zero attached hydrogens (tertiary/aromatic N) is 1. The van der Waals surface area contributed by atoms with Crippen molar-refractivity contribution in [3.63, 3.8) is 0 Å². The molecule has 0 bridgehead atoms. The van der Waals surface area contributed by atoms with Gasteiger partial charge in [-0.2, -0.15) is 0 Å². The molecule has 0 radical (unpaired) electrons. The van der Waals surface area contributed by atoms with Crippen LogP contribution in [-0.2, 0) is 10.0 Å². The molecule has 22 heavy (non-hydrogen) atoms. The number of aryl methyl sites for hydroxylation is 1. The van der Waals surface area contributed by atoms with Crippen LogP contribution < -0.4 is 14.9 Å². The third-order valence-electron chi connectivity index (χ3n) is 3.76. The van der Waals surface area contributed by atoms with E-state index < -0.39 is 10.0 Å². The van der Waals surface area contributed by atoms with Gasteiger partial charge in [0.1, 0.15) is 0 Å². The smallest absolute Gasteiger partial charge is 0.315 e. The third kappa shape index (κ3) is 4.37. The van der Waals surface area contributed by atoms with Gasteiger partial charge in [-0.05, 0) is 43.9 Å². The van der Waals surface area contributed by atoms with Crippen molar-refractivity contribution < 1.29 is 13.2 Å². The summed E-state index contributed by atoms with van der Waals surface area (Å²) in [7, 11) is -3.40. The molecule has 0 heterocycles. The minimum Gasteiger partial charge on any atom is -0.336 e. The fraction of sp³-hybridized carbons (Fsp3) is 0.533. The lowest BCUT2D eigenvalue weighted by Gasteiger charge is -2.25. The van der Waals surface area contributed by atoms with Gasteiger partial charge in [0.05, 0.1) is 18.5 Å². The highest BCUT2D eigenvalue weighted by atomic mass is 32.2. The quantitative estimate of drug-likeness (QED) is 0.832. The first kappa shape index (κ1) is 16.6. The van der Waals surface area contributed by atoms with E-state index in [-0.39, 0.29) is 25.2 Å². The van der Waals surface area contributed by atoms with E-state index in [9.17, 15) is 13.2 Å². The van der Waals surface area contributed by atoms with E-state index in [1.165, 1.54) is 10.6 Å². The Hall–Kier alpha value is -1.76. The van der Waals surface area contributed by atoms with Gasteiger partial charge in [-0.1, -0.05) is 12.1 Å². The van der Waals surface area contributed by atoms with Gasteiger partial charge in [0.2, 0.25) is 10.0 Å². The van der Waals surface area contributed by atoms with Gasteiger partial charge in [0, 0.05) is 12.6 Å². The van der Waals surface area contributed by atoms with Crippen molar-refractivity contribution >= 4 is 21.7 Å². The second-order valence-corrected chi connectivity index (χ2v) is 7.64. The molecule has 0 atom stereocenters. The maximum absolute atomic E-state index is 12.1. The minimum atomic E-state index is -3.40. The first-order valence-corrected chi connectivity index (χ1v) is 9.22. The Labute approximate surface area is 131 Å². The Morgan fingerprint density at radius 1 is 1.32 bits per heavy atom. The number of carbonyl (C=O) groups excluding carboxylic acids is 1. The van der Waals surface area contributed by atoms with Crippen LogP contribution in [0.15, 0.2) is 18.2 Å². The average Bonchev–Trinajstić information content (AvgIpc) is 3.21. The summed E-state index contributed by atoms with van der Waals surface area (Å²) in [6.45, 7) is 4.32. The third-order valence-corrected chi connectivity index (χ3v) is 4.94. The van der Waals surface area contributed by atoms with Crippen molar-refractivity contribution in [1.82, 2.24) is 10.6 Å². The van der Waals surface area contributed by atoms with Crippen LogP contribution in [0.1, 0.15) is 24.0 Å². The Balaban J connectivity index is 2.03. The Kier molecular flexibility index (Phi) is 4.95. The number of amides is 2. The number of urea groups is 1. The number of rotatable bonds is 6. The van der Waals surface area contributed by atoms with Crippen molar-refractivity contribution in [2.75, 3.05) is 23.7 Å². The highest BCUT2D eigenvalue weighted by Gasteiger charge is 2.23. The normalized spacial score (nSPS) is 14.5. The lowest BCUT2D eigenvalue weighted by atomic mass is 10.1. The second kappa shape index (κ2) is 6.56. The van der Waals surface area contributed by atoms with Crippen LogP contribution in [0.5, 0.6) is 0 Å². The van der Waals surface area contributed by atoms with E-state index in [1.807, 2.05) is 26.0 Å². The van der Waals surface area contributed by atoms with Crippen LogP contribution >= 0.6 is 0 Å². The summed E-state index contributed by atoms with van der Waals surface area (Å²) in [5.74, 6) is 0. The molecule has 0 aromatic heterocycles. The zero-order chi connectivity index (χ0) is 16.3. The van der Waals surface area contributed by atoms with E-state index in [2.05, 4.69) is 10.6 Å². The van der Waals surface area contributed by atoms with Gasteiger partial charge < -0.3 is 10.6 Å². The fourth-order valence-electron chi connectivity index (χ4n) is 2.21. The first-order chi connectivity index (χ1) is 10.3. The standard InChI is InChI=1S/C15H23N3O3S/c1-11-5-4-6-14(12(11)2)18(22(3,20)21)10-9-16-15(19)17-13-7-8-13/h4-6,13H,7-10H2,1-3H3,(H2,16,17,19). The van der Waals surface area contributed by atoms with Gasteiger partial charge >= 0.3 is 6.03 Å². The van der Waals surface area contributed by atoms with Crippen molar-refractivity contribution in [2.24, 2.45) is 0 Å². The lowest BCUT2D eigenvalue weighted by Crippen LogP contribution is -2.42. The molecule has 122 valence electrons. The average molecular weight is 325 g/mol. The summed E-state index contributed by atoms with van der Waals surface area (Å²) in [5, 5.41) is 5.51. The molecule has 1 aliphatic carbocycles. The maximum atomic E-state index is 12.1. The second-order valence-electron chi connectivity index (χ2n) is 5.73. The topological polar surface area (TPSA) is 78.5 Å². The van der Waals surface area contributed by atoms with Crippen molar-refractivity contribution in [2.45, 2.75) is 32.7 Å². The summed E-state index contributed by atoms with van der Waals surface area (Å²) in [6, 6.07) is 5.61. The number of sulfonamides is 1. The number of hydrogen-bond donors (Lipinski definition) is 2. The molecule has 2 amide bonds. The van der Waals surface area contributed by atoms with Crippen molar-refractivity contribution in [3.8, 4) is 0 Å². The van der Waals surface area contributed by atoms with Crippen LogP contribution in [-0.4, -0.2) is 39.8 Å². The van der Waals surface area contributed by atoms with E-state index >= 15 is 0 Å². The number of nitrogens with one attached hydrogen (secondary N) is 2. The van der Waals surface area contributed by atoms with E-state index in [1.54, 1.807) is 6.07 Å². The summed E-state index contributed by atoms with van der Waals surface area (Å²) in [6.07, 6.45) is 3.22. The fourth-order valence-corrected chi connectivity index (χ4v) is 3.18. The molecule has 1 aromatic rings. The molecule has 0 spiro atoms. The molecule has 6 nitrogen and oxygen atoms in total. The predicted octanol–water partition coefficient (Wildman–Crippen LogP) is 1.53. The molecular formula is C15H23N3O3S. The van der Waals surface area contributed by atoms with Crippen LogP contribution in [0.25, 0.3) is 0 Å². The minimum absolute atomic E-state index is 0.210. The monoisotopic (exact) mass is 325 g/mol. The van der Waals surface area contributed by atoms with Crippen LogP contribution in [0.2, 0.25) is 0 Å². The van der Waals surface area contributed by atoms with Crippen molar-refractivity contribution in [3.05, 3.63) is 29.3 Å². The van der Waals surface area contributed by atoms with E-state index in [0.717, 1.165) is 24.0 Å². The van der Waals surface area contributed by atoms with Gasteiger partial charge in [0.25, 0.3) is 0 Å². The molecule has 1 aromatic carbocycles. The number of anilines is 1. The summed E-state index contributed by atoms with van der Waals surface area (Å²) < 4.78 is 25.5. The molecule has 1 fully saturated rings. The molecule has 1 saturated carbocycles. The molecular weight excluding hydrogens is 302 g/mol. The number of carbonyl (C=O) groups is 1. The summed E-state index contributed by atoms with van der Waals surface area (Å²) in [5.41, 5.74) is 2.62. The molecule has 0 saturated heterocycles. The highest BCUT2D eigenvalue weighted by molar-refractivity contribution is 7.92. The Bertz CT molecular complexity index is 654. The van der Waals surface area contributed by atoms with Gasteiger partial charge in [-0.25, -0.2) is 13.2 Å². The van der Waals surface area contributed by atoms with Crippen molar-refractivity contribution in [1.29, 1.82) is 0 Å². The molecule has 1 aliphatic rings. The van der Waals surface area contributed by atoms with Gasteiger partial charge in [-0.15, -0.1) is 0 Å². The Morgan fingerprint density at radius 3 is 2.59 bits per heavy atom. The first-order valence-electron chi connectivity index (χ1n) is 7.37. The largest absolute Gasteiger partial charge is 0.336 e. The molecule has 7 heteroatoms. The van der Waals surface area contributed by atoms with Crippen LogP contribution in [0.3, 0.4) is 0 Å². The Morgan fingerprint density at radius 2 is 2.00 bits per heavy atom. The van der Waals surface area contributed by atoms with E-state index in [0.29, 0.717) is 5.69 Å². The number of hydrogen-bond acceptors (Lipinski definition) is 3. The maximum Gasteiger partial charge on any atom is 0.315 e. The lowest BCUT2D eigenvalue weighted by molar-refractivity contribution is 0.241. The summed E-state index contributed by atoms with van der Waals surface area (Å²) >= 11 is 0. The molecule has 0 unspecified atom stereocenters. The molecule has 0 aliphatic heterocycles. The SMILES string of the molecule is Cc1cccc(N(CCNC(=O)NC2CC2)S(C)(=O)=O)c1C.